The van der Waals surface area contributed by atoms with E-state index in [4.69, 9.17) is 0 Å². The van der Waals surface area contributed by atoms with Gasteiger partial charge in [-0.3, -0.25) is 4.79 Å². The van der Waals surface area contributed by atoms with Crippen molar-refractivity contribution >= 4 is 12.1 Å². The minimum absolute atomic E-state index is 0.222. The fourth-order valence-electron chi connectivity index (χ4n) is 0.822. The lowest BCUT2D eigenvalue weighted by atomic mass is 10.2. The van der Waals surface area contributed by atoms with Crippen LogP contribution >= 0.6 is 0 Å². The second kappa shape index (κ2) is 3.14. The third kappa shape index (κ3) is 1.55. The molecule has 0 saturated heterocycles. The van der Waals surface area contributed by atoms with Crippen LogP contribution in [0.2, 0.25) is 0 Å². The van der Waals surface area contributed by atoms with Crippen LogP contribution in [0.1, 0.15) is 5.56 Å². The number of aryl methyl sites for hydroxylation is 1. The van der Waals surface area contributed by atoms with Gasteiger partial charge in [-0.25, -0.2) is 4.39 Å². The number of benzene rings is 1. The van der Waals surface area contributed by atoms with Crippen molar-refractivity contribution in [3.63, 3.8) is 0 Å². The summed E-state index contributed by atoms with van der Waals surface area (Å²) in [4.78, 5) is 9.96. The smallest absolute Gasteiger partial charge is 0.211 e. The molecule has 1 rings (SSSR count). The van der Waals surface area contributed by atoms with Crippen molar-refractivity contribution in [3.8, 4) is 0 Å². The van der Waals surface area contributed by atoms with Gasteiger partial charge in [0.05, 0.1) is 5.69 Å². The van der Waals surface area contributed by atoms with Gasteiger partial charge in [0, 0.05) is 0 Å². The number of carbonyl (C=O) groups is 1. The molecule has 0 saturated carbocycles. The van der Waals surface area contributed by atoms with Gasteiger partial charge in [0.1, 0.15) is 5.82 Å². The largest absolute Gasteiger partial charge is 0.326 e. The van der Waals surface area contributed by atoms with Gasteiger partial charge >= 0.3 is 0 Å². The summed E-state index contributed by atoms with van der Waals surface area (Å²) in [6, 6.07) is 4.84. The monoisotopic (exact) mass is 153 g/mol. The molecule has 0 unspecified atom stereocenters. The van der Waals surface area contributed by atoms with Crippen LogP contribution in [0, 0.1) is 12.7 Å². The number of halogens is 1. The van der Waals surface area contributed by atoms with Crippen LogP contribution in [0.15, 0.2) is 18.2 Å². The highest BCUT2D eigenvalue weighted by Crippen LogP contribution is 2.15. The number of hydrogen-bond acceptors (Lipinski definition) is 1. The Morgan fingerprint density at radius 1 is 1.55 bits per heavy atom. The van der Waals surface area contributed by atoms with Crippen molar-refractivity contribution in [2.45, 2.75) is 6.92 Å². The van der Waals surface area contributed by atoms with Gasteiger partial charge in [-0.2, -0.15) is 0 Å². The third-order valence-corrected chi connectivity index (χ3v) is 1.41. The lowest BCUT2D eigenvalue weighted by Gasteiger charge is -2.01. The van der Waals surface area contributed by atoms with Gasteiger partial charge in [-0.05, 0) is 18.6 Å². The van der Waals surface area contributed by atoms with E-state index < -0.39 is 0 Å². The SMILES string of the molecule is Cc1cccc(NC=O)c1F. The van der Waals surface area contributed by atoms with Crippen LogP contribution in [-0.4, -0.2) is 6.41 Å². The van der Waals surface area contributed by atoms with Crippen molar-refractivity contribution in [1.82, 2.24) is 0 Å². The molecule has 0 atom stereocenters. The third-order valence-electron chi connectivity index (χ3n) is 1.41. The molecule has 2 nitrogen and oxygen atoms in total. The molecule has 0 fully saturated rings. The van der Waals surface area contributed by atoms with Gasteiger partial charge in [0.2, 0.25) is 6.41 Å². The van der Waals surface area contributed by atoms with E-state index in [-0.39, 0.29) is 11.5 Å². The number of carbonyl (C=O) groups excluding carboxylic acids is 1. The first kappa shape index (κ1) is 7.72. The number of hydrogen-bond donors (Lipinski definition) is 1. The first-order chi connectivity index (χ1) is 5.25. The molecule has 11 heavy (non-hydrogen) atoms. The molecule has 1 N–H and O–H groups in total. The number of amides is 1. The molecule has 0 heterocycles. The average molecular weight is 153 g/mol. The van der Waals surface area contributed by atoms with Crippen molar-refractivity contribution in [3.05, 3.63) is 29.6 Å². The molecule has 1 amide bonds. The van der Waals surface area contributed by atoms with Crippen molar-refractivity contribution in [2.24, 2.45) is 0 Å². The molecule has 1 aromatic rings. The molecule has 0 aliphatic carbocycles. The molecule has 1 aromatic carbocycles. The Bertz CT molecular complexity index is 273. The van der Waals surface area contributed by atoms with E-state index in [1.807, 2.05) is 0 Å². The summed E-state index contributed by atoms with van der Waals surface area (Å²) in [5.41, 5.74) is 0.747. The highest BCUT2D eigenvalue weighted by atomic mass is 19.1. The zero-order chi connectivity index (χ0) is 8.27. The van der Waals surface area contributed by atoms with E-state index in [1.54, 1.807) is 19.1 Å². The van der Waals surface area contributed by atoms with E-state index >= 15 is 0 Å². The molecular weight excluding hydrogens is 145 g/mol. The molecule has 0 aliphatic heterocycles. The van der Waals surface area contributed by atoms with Crippen LogP contribution < -0.4 is 5.32 Å². The Balaban J connectivity index is 3.05. The minimum atomic E-state index is -0.375. The van der Waals surface area contributed by atoms with Crippen molar-refractivity contribution in [2.75, 3.05) is 5.32 Å². The average Bonchev–Trinajstić information content (AvgIpc) is 1.99. The van der Waals surface area contributed by atoms with Gasteiger partial charge in [-0.1, -0.05) is 12.1 Å². The quantitative estimate of drug-likeness (QED) is 0.644. The highest BCUT2D eigenvalue weighted by Gasteiger charge is 2.01. The fourth-order valence-corrected chi connectivity index (χ4v) is 0.822. The molecule has 58 valence electrons. The van der Waals surface area contributed by atoms with Crippen molar-refractivity contribution in [1.29, 1.82) is 0 Å². The maximum absolute atomic E-state index is 13.0. The topological polar surface area (TPSA) is 29.1 Å². The summed E-state index contributed by atoms with van der Waals surface area (Å²) in [5.74, 6) is -0.375. The second-order valence-corrected chi connectivity index (χ2v) is 2.20. The molecule has 0 bridgehead atoms. The number of anilines is 1. The van der Waals surface area contributed by atoms with Crippen LogP contribution in [-0.2, 0) is 4.79 Å². The predicted octanol–water partition coefficient (Wildman–Crippen LogP) is 1.70. The molecule has 0 aromatic heterocycles. The van der Waals surface area contributed by atoms with Crippen LogP contribution in [0.25, 0.3) is 0 Å². The maximum atomic E-state index is 13.0. The Labute approximate surface area is 64.0 Å². The predicted molar refractivity (Wildman–Crippen MR) is 40.8 cm³/mol. The Hall–Kier alpha value is -1.38. The summed E-state index contributed by atoms with van der Waals surface area (Å²) in [5, 5.41) is 2.26. The normalized spacial score (nSPS) is 9.27. The molecule has 0 spiro atoms. The first-order valence-electron chi connectivity index (χ1n) is 3.21. The second-order valence-electron chi connectivity index (χ2n) is 2.20. The number of nitrogens with one attached hydrogen (secondary N) is 1. The summed E-state index contributed by atoms with van der Waals surface area (Å²) in [6.07, 6.45) is 0.456. The summed E-state index contributed by atoms with van der Waals surface area (Å²) < 4.78 is 13.0. The standard InChI is InChI=1S/C8H8FNO/c1-6-3-2-4-7(8(6)9)10-5-11/h2-5H,1H3,(H,10,11). The molecule has 0 radical (unpaired) electrons. The summed E-state index contributed by atoms with van der Waals surface area (Å²) >= 11 is 0. The lowest BCUT2D eigenvalue weighted by Crippen LogP contribution is -1.97. The Morgan fingerprint density at radius 3 is 2.91 bits per heavy atom. The summed E-state index contributed by atoms with van der Waals surface area (Å²) in [6.45, 7) is 1.64. The number of rotatable bonds is 2. The van der Waals surface area contributed by atoms with E-state index in [1.165, 1.54) is 6.07 Å². The fraction of sp³-hybridized carbons (Fsp3) is 0.125. The van der Waals surface area contributed by atoms with Gasteiger partial charge < -0.3 is 5.32 Å². The lowest BCUT2D eigenvalue weighted by molar-refractivity contribution is -0.105. The van der Waals surface area contributed by atoms with Crippen molar-refractivity contribution < 1.29 is 9.18 Å². The molecule has 3 heteroatoms. The van der Waals surface area contributed by atoms with E-state index in [0.717, 1.165) is 0 Å². The van der Waals surface area contributed by atoms with Crippen LogP contribution in [0.5, 0.6) is 0 Å². The zero-order valence-electron chi connectivity index (χ0n) is 6.10. The highest BCUT2D eigenvalue weighted by molar-refractivity contribution is 5.71. The summed E-state index contributed by atoms with van der Waals surface area (Å²) in [7, 11) is 0. The first-order valence-corrected chi connectivity index (χ1v) is 3.21. The molecule has 0 aliphatic rings. The van der Waals surface area contributed by atoms with E-state index in [9.17, 15) is 9.18 Å². The van der Waals surface area contributed by atoms with E-state index in [2.05, 4.69) is 5.32 Å². The Kier molecular flexibility index (Phi) is 2.21. The van der Waals surface area contributed by atoms with Gasteiger partial charge in [0.25, 0.3) is 0 Å². The Morgan fingerprint density at radius 2 is 2.27 bits per heavy atom. The maximum Gasteiger partial charge on any atom is 0.211 e. The van der Waals surface area contributed by atoms with E-state index in [0.29, 0.717) is 12.0 Å². The van der Waals surface area contributed by atoms with Gasteiger partial charge in [-0.15, -0.1) is 0 Å². The minimum Gasteiger partial charge on any atom is -0.326 e. The van der Waals surface area contributed by atoms with Gasteiger partial charge in [0.15, 0.2) is 0 Å². The van der Waals surface area contributed by atoms with Crippen LogP contribution in [0.3, 0.4) is 0 Å². The zero-order valence-corrected chi connectivity index (χ0v) is 6.10. The molecular formula is C8H8FNO. The van der Waals surface area contributed by atoms with Crippen LogP contribution in [0.4, 0.5) is 10.1 Å².